The molecule has 3 N–H and O–H groups in total. The van der Waals surface area contributed by atoms with Crippen molar-refractivity contribution >= 4 is 18.8 Å². The van der Waals surface area contributed by atoms with E-state index in [4.69, 9.17) is 23.2 Å². The van der Waals surface area contributed by atoms with Crippen LogP contribution in [-0.2, 0) is 22.3 Å². The number of fused-ring (bicyclic) bond motifs is 1. The maximum atomic E-state index is 13.8. The molecule has 0 bridgehead atoms. The minimum Gasteiger partial charge on any atom is -0.507 e. The zero-order valence-corrected chi connectivity index (χ0v) is 25.6. The normalized spacial score (nSPS) is 11.8. The third-order valence-corrected chi connectivity index (χ3v) is 7.73. The number of aromatic hydroxyl groups is 1. The van der Waals surface area contributed by atoms with Crippen molar-refractivity contribution in [3.05, 3.63) is 118 Å². The lowest BCUT2D eigenvalue weighted by atomic mass is 10.1. The maximum absolute atomic E-state index is 13.8. The van der Waals surface area contributed by atoms with E-state index in [2.05, 4.69) is 0 Å². The second-order valence-electron chi connectivity index (χ2n) is 10.3. The van der Waals surface area contributed by atoms with Crippen molar-refractivity contribution in [2.75, 3.05) is 0 Å². The van der Waals surface area contributed by atoms with Gasteiger partial charge in [-0.3, -0.25) is 4.79 Å². The van der Waals surface area contributed by atoms with Gasteiger partial charge < -0.3 is 33.5 Å². The topological polar surface area (TPSA) is 145 Å². The Balaban J connectivity index is 1.53. The highest BCUT2D eigenvalue weighted by molar-refractivity contribution is 7.46. The Morgan fingerprint density at radius 3 is 1.91 bits per heavy atom. The van der Waals surface area contributed by atoms with Crippen LogP contribution in [0.4, 0.5) is 0 Å². The van der Waals surface area contributed by atoms with Crippen molar-refractivity contribution in [1.82, 2.24) is 0 Å². The fourth-order valence-corrected chi connectivity index (χ4v) is 5.51. The summed E-state index contributed by atoms with van der Waals surface area (Å²) >= 11 is 0. The Labute approximate surface area is 259 Å². The lowest BCUT2D eigenvalue weighted by Crippen LogP contribution is -2.36. The zero-order chi connectivity index (χ0) is 32.0. The molecule has 0 atom stereocenters. The highest BCUT2D eigenvalue weighted by Gasteiger charge is 2.37. The summed E-state index contributed by atoms with van der Waals surface area (Å²) in [6.45, 7) is 3.70. The van der Waals surface area contributed by atoms with Crippen LogP contribution < -0.4 is 19.6 Å². The average Bonchev–Trinajstić information content (AvgIpc) is 3.03. The van der Waals surface area contributed by atoms with Crippen LogP contribution in [0.1, 0.15) is 37.8 Å². The van der Waals surface area contributed by atoms with Gasteiger partial charge in [0.15, 0.2) is 5.76 Å². The van der Waals surface area contributed by atoms with Crippen molar-refractivity contribution < 1.29 is 42.6 Å². The van der Waals surface area contributed by atoms with Crippen molar-refractivity contribution in [2.45, 2.75) is 45.7 Å². The molecule has 10 nitrogen and oxygen atoms in total. The summed E-state index contributed by atoms with van der Waals surface area (Å²) in [4.78, 5) is 32.7. The van der Waals surface area contributed by atoms with Gasteiger partial charge in [0.2, 0.25) is 17.0 Å². The maximum Gasteiger partial charge on any atom is 0.472 e. The molecule has 0 aliphatic carbocycles. The number of phenols is 1. The van der Waals surface area contributed by atoms with Gasteiger partial charge in [-0.05, 0) is 35.4 Å². The van der Waals surface area contributed by atoms with Crippen LogP contribution in [0.2, 0.25) is 0 Å². The minimum absolute atomic E-state index is 0.0564. The Morgan fingerprint density at radius 1 is 0.778 bits per heavy atom. The summed E-state index contributed by atoms with van der Waals surface area (Å²) in [5, 5.41) is 10.8. The first kappa shape index (κ1) is 31.8. The fourth-order valence-electron chi connectivity index (χ4n) is 4.78. The van der Waals surface area contributed by atoms with Gasteiger partial charge in [0, 0.05) is 30.5 Å². The largest absolute Gasteiger partial charge is 0.507 e. The zero-order valence-electron chi connectivity index (χ0n) is 24.7. The Bertz CT molecular complexity index is 1840. The summed E-state index contributed by atoms with van der Waals surface area (Å²) in [5.41, 5.74) is 1.72. The van der Waals surface area contributed by atoms with Gasteiger partial charge in [-0.2, -0.15) is 0 Å². The highest BCUT2D eigenvalue weighted by Crippen LogP contribution is 2.45. The number of phenolic OH excluding ortho intramolecular Hbond substituents is 1. The lowest BCUT2D eigenvalue weighted by molar-refractivity contribution is -0.131. The molecule has 45 heavy (non-hydrogen) atoms. The standard InChI is InChI=1S/C34H33O10P/c1-3-34(4-2,44-45(37,38)39)43-26-17-15-25(16-18-26)32-33(41-22-24-13-9-6-10-14-24)31(36)30-28(35)19-27(20-29(30)42-32)40-21-23-11-7-5-8-12-23/h5-20,35H,3-4,21-22H2,1-2H3,(H2,37,38,39). The number of phosphoric acid groups is 1. The second kappa shape index (κ2) is 13.6. The molecule has 0 saturated carbocycles. The predicted octanol–water partition coefficient (Wildman–Crippen LogP) is 7.33. The SMILES string of the molecule is CCC(CC)(Oc1ccc(-c2oc3cc(OCc4ccccc4)cc(O)c3c(=O)c2OCc2ccccc2)cc1)OP(=O)(O)O. The summed E-state index contributed by atoms with van der Waals surface area (Å²) in [6, 6.07) is 28.1. The van der Waals surface area contributed by atoms with Crippen LogP contribution in [0, 0.1) is 0 Å². The number of ether oxygens (including phenoxy) is 3. The van der Waals surface area contributed by atoms with Crippen LogP contribution >= 0.6 is 7.82 Å². The molecule has 0 spiro atoms. The van der Waals surface area contributed by atoms with Gasteiger partial charge in [-0.15, -0.1) is 0 Å². The molecule has 0 unspecified atom stereocenters. The van der Waals surface area contributed by atoms with Crippen LogP contribution in [0.3, 0.4) is 0 Å². The van der Waals surface area contributed by atoms with Gasteiger partial charge in [0.25, 0.3) is 0 Å². The molecular formula is C34H33O10P. The summed E-state index contributed by atoms with van der Waals surface area (Å²) in [6.07, 6.45) is 0.344. The number of hydrogen-bond acceptors (Lipinski definition) is 8. The first-order chi connectivity index (χ1) is 21.6. The lowest BCUT2D eigenvalue weighted by Gasteiger charge is -2.32. The summed E-state index contributed by atoms with van der Waals surface area (Å²) < 4.78 is 40.6. The van der Waals surface area contributed by atoms with E-state index in [1.54, 1.807) is 38.1 Å². The molecule has 0 radical (unpaired) electrons. The number of rotatable bonds is 13. The number of phosphoric ester groups is 1. The van der Waals surface area contributed by atoms with Gasteiger partial charge >= 0.3 is 7.82 Å². The van der Waals surface area contributed by atoms with E-state index in [0.717, 1.165) is 11.1 Å². The van der Waals surface area contributed by atoms with E-state index in [0.29, 0.717) is 11.3 Å². The first-order valence-electron chi connectivity index (χ1n) is 14.3. The third-order valence-electron chi connectivity index (χ3n) is 7.16. The molecule has 11 heteroatoms. The Kier molecular flexibility index (Phi) is 9.60. The van der Waals surface area contributed by atoms with Gasteiger partial charge in [0.1, 0.15) is 41.4 Å². The van der Waals surface area contributed by atoms with Crippen molar-refractivity contribution in [2.24, 2.45) is 0 Å². The predicted molar refractivity (Wildman–Crippen MR) is 168 cm³/mol. The van der Waals surface area contributed by atoms with Gasteiger partial charge in [0.05, 0.1) is 0 Å². The molecule has 1 aromatic heterocycles. The molecular weight excluding hydrogens is 599 g/mol. The summed E-state index contributed by atoms with van der Waals surface area (Å²) in [7, 11) is -4.84. The molecule has 4 aromatic carbocycles. The molecule has 0 saturated heterocycles. The molecule has 0 aliphatic rings. The van der Waals surface area contributed by atoms with E-state index in [-0.39, 0.29) is 60.0 Å². The molecule has 0 fully saturated rings. The Hall–Kier alpha value is -4.60. The van der Waals surface area contributed by atoms with Crippen molar-refractivity contribution in [1.29, 1.82) is 0 Å². The fraction of sp³-hybridized carbons (Fsp3) is 0.206. The third kappa shape index (κ3) is 7.74. The van der Waals surface area contributed by atoms with E-state index in [9.17, 15) is 24.3 Å². The highest BCUT2D eigenvalue weighted by atomic mass is 31.2. The molecule has 234 valence electrons. The van der Waals surface area contributed by atoms with E-state index in [1.807, 2.05) is 60.7 Å². The molecule has 1 heterocycles. The van der Waals surface area contributed by atoms with Gasteiger partial charge in [-0.25, -0.2) is 9.09 Å². The number of hydrogen-bond donors (Lipinski definition) is 3. The van der Waals surface area contributed by atoms with E-state index >= 15 is 0 Å². The number of benzene rings is 4. The molecule has 0 amide bonds. The minimum atomic E-state index is -4.84. The monoisotopic (exact) mass is 632 g/mol. The van der Waals surface area contributed by atoms with E-state index < -0.39 is 19.0 Å². The molecule has 0 aliphatic heterocycles. The molecule has 5 aromatic rings. The van der Waals surface area contributed by atoms with Crippen LogP contribution in [-0.4, -0.2) is 20.7 Å². The van der Waals surface area contributed by atoms with Gasteiger partial charge in [-0.1, -0.05) is 74.5 Å². The van der Waals surface area contributed by atoms with Crippen LogP contribution in [0.15, 0.2) is 106 Å². The molecule has 5 rings (SSSR count). The van der Waals surface area contributed by atoms with E-state index in [1.165, 1.54) is 12.1 Å². The summed E-state index contributed by atoms with van der Waals surface area (Å²) in [5.74, 6) is -1.27. The van der Waals surface area contributed by atoms with Crippen LogP contribution in [0.25, 0.3) is 22.3 Å². The smallest absolute Gasteiger partial charge is 0.472 e. The second-order valence-corrected chi connectivity index (χ2v) is 11.4. The van der Waals surface area contributed by atoms with Crippen LogP contribution in [0.5, 0.6) is 23.0 Å². The van der Waals surface area contributed by atoms with Crippen molar-refractivity contribution in [3.8, 4) is 34.3 Å². The van der Waals surface area contributed by atoms with Crippen molar-refractivity contribution in [3.63, 3.8) is 0 Å². The Morgan fingerprint density at radius 2 is 1.36 bits per heavy atom. The average molecular weight is 633 g/mol. The first-order valence-corrected chi connectivity index (χ1v) is 15.9. The quantitative estimate of drug-likeness (QED) is 0.0891.